The fourth-order valence-corrected chi connectivity index (χ4v) is 6.51. The van der Waals surface area contributed by atoms with E-state index in [4.69, 9.17) is 15.5 Å². The molecule has 2 aromatic rings. The van der Waals surface area contributed by atoms with Crippen LogP contribution in [-0.4, -0.2) is 54.0 Å². The highest BCUT2D eigenvalue weighted by molar-refractivity contribution is 7.90. The van der Waals surface area contributed by atoms with Crippen LogP contribution in [0.4, 0.5) is 11.6 Å². The van der Waals surface area contributed by atoms with E-state index in [1.807, 2.05) is 0 Å². The van der Waals surface area contributed by atoms with Gasteiger partial charge >= 0.3 is 0 Å². The molecule has 5 rings (SSSR count). The van der Waals surface area contributed by atoms with Crippen molar-refractivity contribution in [1.82, 2.24) is 19.5 Å². The van der Waals surface area contributed by atoms with Gasteiger partial charge in [0, 0.05) is 38.5 Å². The highest BCUT2D eigenvalue weighted by Gasteiger charge is 2.40. The quantitative estimate of drug-likeness (QED) is 0.287. The van der Waals surface area contributed by atoms with Crippen molar-refractivity contribution in [3.8, 4) is 0 Å². The number of anilines is 1. The molecule has 3 aliphatic rings. The van der Waals surface area contributed by atoms with Gasteiger partial charge in [-0.05, 0) is 76.0 Å². The summed E-state index contributed by atoms with van der Waals surface area (Å²) in [5.74, 6) is 1.58. The summed E-state index contributed by atoms with van der Waals surface area (Å²) in [6, 6.07) is 4.57. The maximum absolute atomic E-state index is 13.4. The first-order valence-electron chi connectivity index (χ1n) is 14.1. The molecule has 218 valence electrons. The maximum atomic E-state index is 13.4. The number of carbonyl (C=O) groups excluding carboxylic acids is 1. The average Bonchev–Trinajstić information content (AvgIpc) is 3.49. The van der Waals surface area contributed by atoms with Gasteiger partial charge in [-0.15, -0.1) is 0 Å². The van der Waals surface area contributed by atoms with Crippen LogP contribution in [0.5, 0.6) is 0 Å². The van der Waals surface area contributed by atoms with E-state index in [1.54, 1.807) is 29.1 Å². The number of nitrogens with two attached hydrogens (primary N) is 1. The van der Waals surface area contributed by atoms with E-state index in [0.29, 0.717) is 37.3 Å². The predicted octanol–water partition coefficient (Wildman–Crippen LogP) is 4.14. The molecule has 4 heterocycles. The molecular formula is C28H41N7O4S. The summed E-state index contributed by atoms with van der Waals surface area (Å²) in [6.07, 6.45) is 13.4. The third-order valence-electron chi connectivity index (χ3n) is 7.86. The lowest BCUT2D eigenvalue weighted by Gasteiger charge is -2.33. The number of hydrogen-bond donors (Lipinski definition) is 2. The van der Waals surface area contributed by atoms with Crippen LogP contribution in [0.25, 0.3) is 0 Å². The van der Waals surface area contributed by atoms with Gasteiger partial charge in [0.2, 0.25) is 0 Å². The number of carbonyl (C=O) groups is 1. The summed E-state index contributed by atoms with van der Waals surface area (Å²) in [4.78, 5) is 24.6. The highest BCUT2D eigenvalue weighted by atomic mass is 32.2. The number of fused-ring (bicyclic) bond motifs is 6. The van der Waals surface area contributed by atoms with Gasteiger partial charge in [-0.1, -0.05) is 19.3 Å². The number of aryl methyl sites for hydroxylation is 1. The summed E-state index contributed by atoms with van der Waals surface area (Å²) in [5, 5.41) is 3.99. The smallest absolute Gasteiger partial charge is 0.283 e. The Morgan fingerprint density at radius 2 is 2.10 bits per heavy atom. The van der Waals surface area contributed by atoms with Crippen LogP contribution in [0.2, 0.25) is 0 Å². The first-order chi connectivity index (χ1) is 19.1. The molecular weight excluding hydrogens is 530 g/mol. The zero-order chi connectivity index (χ0) is 28.3. The van der Waals surface area contributed by atoms with Gasteiger partial charge in [0.25, 0.3) is 15.9 Å². The van der Waals surface area contributed by atoms with Crippen molar-refractivity contribution in [3.63, 3.8) is 0 Å². The van der Waals surface area contributed by atoms with E-state index in [2.05, 4.69) is 33.6 Å². The van der Waals surface area contributed by atoms with Gasteiger partial charge in [-0.3, -0.25) is 9.48 Å². The predicted molar refractivity (Wildman–Crippen MR) is 155 cm³/mol. The second kappa shape index (κ2) is 11.6. The fraction of sp³-hybridized carbons (Fsp3) is 0.571. The molecule has 12 heteroatoms. The molecule has 0 radical (unpaired) electrons. The number of nitrogens with one attached hydrogen (secondary N) is 1. The summed E-state index contributed by atoms with van der Waals surface area (Å²) >= 11 is 0. The molecule has 11 nitrogen and oxygen atoms in total. The van der Waals surface area contributed by atoms with Gasteiger partial charge in [-0.2, -0.15) is 13.5 Å². The first-order valence-corrected chi connectivity index (χ1v) is 15.6. The molecule has 2 aliphatic heterocycles. The third kappa shape index (κ3) is 6.83. The van der Waals surface area contributed by atoms with Crippen LogP contribution in [-0.2, 0) is 21.3 Å². The highest BCUT2D eigenvalue weighted by Crippen LogP contribution is 2.40. The number of sulfonamides is 1. The Morgan fingerprint density at radius 3 is 2.90 bits per heavy atom. The number of pyridine rings is 1. The Kier molecular flexibility index (Phi) is 8.16. The van der Waals surface area contributed by atoms with E-state index in [-0.39, 0.29) is 23.4 Å². The third-order valence-corrected chi connectivity index (χ3v) is 9.08. The monoisotopic (exact) mass is 571 g/mol. The standard InChI is InChI=1S/C28H39N7O4S.H2/c1-28(2)18-21-6-3-4-15-34-16-13-25(32-34)40(37,38)33-27(36)22-10-11-24(31-26(22)35(28)19-21)30-14-12-23(29)39-17-5-7-20-8-9-20;/h10-14,16,20-21H,3-9,15,17-19,29H2,1-2H3,(H,33,36);1H/b23-12+,30-14?;. The lowest BCUT2D eigenvalue weighted by atomic mass is 9.93. The summed E-state index contributed by atoms with van der Waals surface area (Å²) < 4.78 is 35.3. The molecule has 1 aliphatic carbocycles. The van der Waals surface area contributed by atoms with Crippen LogP contribution in [0.1, 0.15) is 77.0 Å². The molecule has 1 atom stereocenters. The van der Waals surface area contributed by atoms with Gasteiger partial charge in [0.1, 0.15) is 5.82 Å². The van der Waals surface area contributed by atoms with Crippen molar-refractivity contribution in [2.45, 2.75) is 82.3 Å². The minimum atomic E-state index is -4.16. The summed E-state index contributed by atoms with van der Waals surface area (Å²) in [7, 11) is -4.16. The molecule has 3 N–H and O–H groups in total. The SMILES string of the molecule is CC1(C)CC2CCCCn3ccc(n3)S(=O)(=O)NC(=O)c3ccc(N=C/C=C(\N)OCCCC4CC4)nc3N1C2.[HH]. The average molecular weight is 572 g/mol. The van der Waals surface area contributed by atoms with E-state index >= 15 is 0 Å². The largest absolute Gasteiger partial charge is 0.479 e. The number of allylic oxidation sites excluding steroid dienone is 1. The Morgan fingerprint density at radius 1 is 1.27 bits per heavy atom. The van der Waals surface area contributed by atoms with Crippen LogP contribution < -0.4 is 15.4 Å². The summed E-state index contributed by atoms with van der Waals surface area (Å²) in [5.41, 5.74) is 5.85. The fourth-order valence-electron chi connectivity index (χ4n) is 5.60. The summed E-state index contributed by atoms with van der Waals surface area (Å²) in [6.45, 7) is 6.17. The number of amides is 1. The minimum Gasteiger partial charge on any atom is -0.479 e. The lowest BCUT2D eigenvalue weighted by Crippen LogP contribution is -2.41. The zero-order valence-corrected chi connectivity index (χ0v) is 24.1. The van der Waals surface area contributed by atoms with Crippen molar-refractivity contribution < 1.29 is 19.4 Å². The van der Waals surface area contributed by atoms with Crippen molar-refractivity contribution in [1.29, 1.82) is 0 Å². The Labute approximate surface area is 237 Å². The molecule has 0 spiro atoms. The van der Waals surface area contributed by atoms with Crippen molar-refractivity contribution in [3.05, 3.63) is 41.9 Å². The number of hydrogen-bond acceptors (Lipinski definition) is 9. The number of nitrogens with zero attached hydrogens (tertiary/aromatic N) is 5. The van der Waals surface area contributed by atoms with E-state index in [1.165, 1.54) is 31.5 Å². The van der Waals surface area contributed by atoms with E-state index in [9.17, 15) is 13.2 Å². The number of aromatic nitrogens is 3. The minimum absolute atomic E-state index is 0. The number of ether oxygens (including phenoxy) is 1. The van der Waals surface area contributed by atoms with Gasteiger partial charge < -0.3 is 15.4 Å². The Hall–Kier alpha value is -3.41. The van der Waals surface area contributed by atoms with Gasteiger partial charge in [0.05, 0.1) is 12.2 Å². The number of rotatable bonds is 7. The molecule has 1 unspecified atom stereocenters. The van der Waals surface area contributed by atoms with Crippen molar-refractivity contribution >= 4 is 33.8 Å². The van der Waals surface area contributed by atoms with Crippen LogP contribution in [0.3, 0.4) is 0 Å². The maximum Gasteiger partial charge on any atom is 0.283 e. The number of aliphatic imine (C=N–C) groups is 1. The normalized spacial score (nSPS) is 22.9. The van der Waals surface area contributed by atoms with Crippen LogP contribution in [0, 0.1) is 11.8 Å². The van der Waals surface area contributed by atoms with Crippen LogP contribution >= 0.6 is 0 Å². The van der Waals surface area contributed by atoms with Crippen molar-refractivity contribution in [2.24, 2.45) is 22.6 Å². The van der Waals surface area contributed by atoms with E-state index in [0.717, 1.165) is 38.0 Å². The molecule has 2 aromatic heterocycles. The Bertz CT molecular complexity index is 1400. The van der Waals surface area contributed by atoms with Gasteiger partial charge in [-0.25, -0.2) is 14.7 Å². The first kappa shape index (κ1) is 28.1. The molecule has 1 amide bonds. The second-order valence-corrected chi connectivity index (χ2v) is 13.3. The topological polar surface area (TPSA) is 145 Å². The lowest BCUT2D eigenvalue weighted by molar-refractivity contribution is 0.0981. The van der Waals surface area contributed by atoms with Crippen molar-refractivity contribution in [2.75, 3.05) is 18.1 Å². The Balaban J connectivity index is 0.00000387. The molecule has 2 fully saturated rings. The molecule has 0 aromatic carbocycles. The molecule has 40 heavy (non-hydrogen) atoms. The molecule has 1 saturated carbocycles. The zero-order valence-electron chi connectivity index (χ0n) is 23.3. The molecule has 4 bridgehead atoms. The van der Waals surface area contributed by atoms with Gasteiger partial charge in [0.15, 0.2) is 16.7 Å². The van der Waals surface area contributed by atoms with Crippen LogP contribution in [0.15, 0.2) is 46.4 Å². The molecule has 1 saturated heterocycles. The van der Waals surface area contributed by atoms with E-state index < -0.39 is 15.9 Å². The second-order valence-electron chi connectivity index (χ2n) is 11.7.